The van der Waals surface area contributed by atoms with Gasteiger partial charge in [0.1, 0.15) is 0 Å². The molecule has 3 fully saturated rings. The smallest absolute Gasteiger partial charge is 0.312 e. The van der Waals surface area contributed by atoms with E-state index in [1.807, 2.05) is 12.1 Å². The minimum Gasteiger partial charge on any atom is -0.322 e. The van der Waals surface area contributed by atoms with E-state index in [0.29, 0.717) is 0 Å². The third kappa shape index (κ3) is 2.73. The van der Waals surface area contributed by atoms with Crippen LogP contribution >= 0.6 is 0 Å². The molecule has 0 N–H and O–H groups in total. The van der Waals surface area contributed by atoms with Crippen LogP contribution < -0.4 is 0 Å². The van der Waals surface area contributed by atoms with E-state index in [1.54, 1.807) is 0 Å². The van der Waals surface area contributed by atoms with Crippen molar-refractivity contribution in [3.8, 4) is 0 Å². The maximum Gasteiger partial charge on any atom is 0.312 e. The molecule has 26 heavy (non-hydrogen) atoms. The van der Waals surface area contributed by atoms with Gasteiger partial charge in [-0.1, -0.05) is 37.6 Å². The molecule has 2 aromatic carbocycles. The van der Waals surface area contributed by atoms with Crippen molar-refractivity contribution in [2.45, 2.75) is 31.2 Å². The maximum absolute atomic E-state index is 13.6. The molecule has 0 aromatic heterocycles. The van der Waals surface area contributed by atoms with Gasteiger partial charge in [0.2, 0.25) is 0 Å². The third-order valence-corrected chi connectivity index (χ3v) is 5.06. The van der Waals surface area contributed by atoms with Gasteiger partial charge in [0.25, 0.3) is 0 Å². The van der Waals surface area contributed by atoms with E-state index in [-0.39, 0.29) is 25.4 Å². The Kier molecular flexibility index (Phi) is 4.29. The number of halogens is 3. The molecule has 0 spiro atoms. The van der Waals surface area contributed by atoms with Crippen LogP contribution in [0.1, 0.15) is 30.0 Å². The molecule has 5 rings (SSSR count). The van der Waals surface area contributed by atoms with Gasteiger partial charge in [0.05, 0.1) is 25.2 Å². The van der Waals surface area contributed by atoms with Gasteiger partial charge in [0.15, 0.2) is 17.5 Å². The molecule has 2 bridgehead atoms. The van der Waals surface area contributed by atoms with Crippen molar-refractivity contribution < 1.29 is 27.4 Å². The second-order valence-corrected chi connectivity index (χ2v) is 6.90. The normalized spacial score (nSPS) is 27.7. The van der Waals surface area contributed by atoms with E-state index < -0.39 is 28.8 Å². The zero-order valence-corrected chi connectivity index (χ0v) is 14.4. The second kappa shape index (κ2) is 6.37. The van der Waals surface area contributed by atoms with Crippen LogP contribution in [0.25, 0.3) is 0 Å². The highest BCUT2D eigenvalue weighted by Crippen LogP contribution is 2.46. The Morgan fingerprint density at radius 3 is 1.88 bits per heavy atom. The van der Waals surface area contributed by atoms with Crippen molar-refractivity contribution >= 4 is 0 Å². The van der Waals surface area contributed by atoms with Crippen molar-refractivity contribution in [1.29, 1.82) is 0 Å². The molecule has 138 valence electrons. The summed E-state index contributed by atoms with van der Waals surface area (Å²) >= 11 is 0. The summed E-state index contributed by atoms with van der Waals surface area (Å²) in [6, 6.07) is 9.92. The summed E-state index contributed by atoms with van der Waals surface area (Å²) in [6.45, 7) is 2.97. The first-order chi connectivity index (χ1) is 12.5. The Morgan fingerprint density at radius 2 is 1.38 bits per heavy atom. The summed E-state index contributed by atoms with van der Waals surface area (Å²) in [5.74, 6) is -5.84. The summed E-state index contributed by atoms with van der Waals surface area (Å²) in [7, 11) is 0. The lowest BCUT2D eigenvalue weighted by molar-refractivity contribution is -0.466. The standard InChI is InChI=1S/C20H19F3O3/c1-2-3-13-4-6-14(7-5-13)19-10-24-20(25-11-19,26-12-19)15-8-16(21)18(23)17(22)9-15/h4-9H,2-3,10-12H2,1H3. The van der Waals surface area contributed by atoms with E-state index in [1.165, 1.54) is 5.56 Å². The first-order valence-electron chi connectivity index (χ1n) is 8.64. The van der Waals surface area contributed by atoms with Gasteiger partial charge in [-0.15, -0.1) is 0 Å². The number of hydrogen-bond donors (Lipinski definition) is 0. The van der Waals surface area contributed by atoms with Gasteiger partial charge in [0, 0.05) is 5.56 Å². The quantitative estimate of drug-likeness (QED) is 0.762. The molecular weight excluding hydrogens is 345 g/mol. The van der Waals surface area contributed by atoms with Gasteiger partial charge < -0.3 is 14.2 Å². The lowest BCUT2D eigenvalue weighted by atomic mass is 9.80. The fourth-order valence-electron chi connectivity index (χ4n) is 3.50. The van der Waals surface area contributed by atoms with Gasteiger partial charge in [-0.25, -0.2) is 13.2 Å². The van der Waals surface area contributed by atoms with Gasteiger partial charge in [-0.05, 0) is 29.7 Å². The van der Waals surface area contributed by atoms with Crippen LogP contribution in [0.15, 0.2) is 36.4 Å². The van der Waals surface area contributed by atoms with Crippen LogP contribution in [0.4, 0.5) is 13.2 Å². The molecule has 3 aliphatic heterocycles. The Bertz CT molecular complexity index is 772. The van der Waals surface area contributed by atoms with Gasteiger partial charge in [-0.3, -0.25) is 0 Å². The van der Waals surface area contributed by atoms with E-state index in [4.69, 9.17) is 14.2 Å². The molecular formula is C20H19F3O3. The van der Waals surface area contributed by atoms with E-state index in [0.717, 1.165) is 30.5 Å². The fourth-order valence-corrected chi connectivity index (χ4v) is 3.50. The van der Waals surface area contributed by atoms with Crippen molar-refractivity contribution in [2.75, 3.05) is 19.8 Å². The Labute approximate surface area is 149 Å². The predicted molar refractivity (Wildman–Crippen MR) is 88.0 cm³/mol. The van der Waals surface area contributed by atoms with Crippen LogP contribution in [0.2, 0.25) is 0 Å². The first kappa shape index (κ1) is 17.5. The number of ether oxygens (including phenoxy) is 3. The molecule has 6 heteroatoms. The monoisotopic (exact) mass is 364 g/mol. The SMILES string of the molecule is CCCc1ccc(C23COC(c4cc(F)c(F)c(F)c4)(OC2)OC3)cc1. The largest absolute Gasteiger partial charge is 0.322 e. The lowest BCUT2D eigenvalue weighted by Gasteiger charge is -2.52. The van der Waals surface area contributed by atoms with Crippen molar-refractivity contribution in [2.24, 2.45) is 0 Å². The molecule has 0 unspecified atom stereocenters. The molecule has 0 saturated carbocycles. The van der Waals surface area contributed by atoms with E-state index in [9.17, 15) is 13.2 Å². The van der Waals surface area contributed by atoms with E-state index in [2.05, 4.69) is 19.1 Å². The van der Waals surface area contributed by atoms with Crippen LogP contribution in [0, 0.1) is 17.5 Å². The Balaban J connectivity index is 1.58. The average molecular weight is 364 g/mol. The molecule has 0 atom stereocenters. The lowest BCUT2D eigenvalue weighted by Crippen LogP contribution is -2.60. The van der Waals surface area contributed by atoms with Crippen LogP contribution in [0.5, 0.6) is 0 Å². The van der Waals surface area contributed by atoms with Crippen molar-refractivity contribution in [3.05, 3.63) is 70.5 Å². The zero-order chi connectivity index (χ0) is 18.4. The molecule has 0 amide bonds. The minimum atomic E-state index is -1.70. The van der Waals surface area contributed by atoms with Crippen molar-refractivity contribution in [1.82, 2.24) is 0 Å². The van der Waals surface area contributed by atoms with E-state index >= 15 is 0 Å². The summed E-state index contributed by atoms with van der Waals surface area (Å²) in [6.07, 6.45) is 2.09. The van der Waals surface area contributed by atoms with Crippen LogP contribution in [-0.2, 0) is 32.0 Å². The number of fused-ring (bicyclic) bond motifs is 3. The number of hydrogen-bond acceptors (Lipinski definition) is 3. The number of benzene rings is 2. The number of rotatable bonds is 4. The highest BCUT2D eigenvalue weighted by Gasteiger charge is 2.54. The summed E-state index contributed by atoms with van der Waals surface area (Å²) in [5, 5.41) is 0. The summed E-state index contributed by atoms with van der Waals surface area (Å²) in [4.78, 5) is 0. The minimum absolute atomic E-state index is 0.0273. The van der Waals surface area contributed by atoms with Crippen LogP contribution in [-0.4, -0.2) is 19.8 Å². The molecule has 3 aliphatic rings. The van der Waals surface area contributed by atoms with Gasteiger partial charge >= 0.3 is 5.97 Å². The zero-order valence-electron chi connectivity index (χ0n) is 14.4. The topological polar surface area (TPSA) is 27.7 Å². The Morgan fingerprint density at radius 1 is 0.846 bits per heavy atom. The Hall–Kier alpha value is -1.89. The maximum atomic E-state index is 13.6. The fraction of sp³-hybridized carbons (Fsp3) is 0.400. The van der Waals surface area contributed by atoms with Crippen LogP contribution in [0.3, 0.4) is 0 Å². The second-order valence-electron chi connectivity index (χ2n) is 6.90. The molecule has 3 saturated heterocycles. The molecule has 0 aliphatic carbocycles. The first-order valence-corrected chi connectivity index (χ1v) is 8.64. The summed E-state index contributed by atoms with van der Waals surface area (Å²) in [5.41, 5.74) is 1.79. The molecule has 3 heterocycles. The summed E-state index contributed by atoms with van der Waals surface area (Å²) < 4.78 is 57.6. The molecule has 3 nitrogen and oxygen atoms in total. The highest BCUT2D eigenvalue weighted by molar-refractivity contribution is 5.32. The average Bonchev–Trinajstić information content (AvgIpc) is 2.68. The number of aryl methyl sites for hydroxylation is 1. The third-order valence-electron chi connectivity index (χ3n) is 5.06. The molecule has 0 radical (unpaired) electrons. The molecule has 2 aromatic rings. The predicted octanol–water partition coefficient (Wildman–Crippen LogP) is 4.18. The van der Waals surface area contributed by atoms with Gasteiger partial charge in [-0.2, -0.15) is 0 Å². The highest BCUT2D eigenvalue weighted by atomic mass is 19.2. The van der Waals surface area contributed by atoms with Crippen molar-refractivity contribution in [3.63, 3.8) is 0 Å².